The lowest BCUT2D eigenvalue weighted by atomic mass is 9.95. The quantitative estimate of drug-likeness (QED) is 0.332. The van der Waals surface area contributed by atoms with Crippen LogP contribution in [0.15, 0.2) is 48.5 Å². The Bertz CT molecular complexity index is 1440. The second-order valence-electron chi connectivity index (χ2n) is 8.55. The highest BCUT2D eigenvalue weighted by Crippen LogP contribution is 2.39. The number of hydrogen-bond acceptors (Lipinski definition) is 7. The topological polar surface area (TPSA) is 80.6 Å². The molecule has 3 unspecified atom stereocenters. The highest BCUT2D eigenvalue weighted by atomic mass is 35.5. The van der Waals surface area contributed by atoms with Crippen LogP contribution in [0.25, 0.3) is 22.0 Å². The standard InChI is InChI=1S/C26H24ClF2N4O3P/c1-35-24-5-4-21(31-32-24)25(34)18-11-17(20(28)13-19(18)27)16-12-23(26(29)37)30-22-10-14(2-3-15(16)22)33-6-8-36-9-7-33/h2-5,10-13,25-26,34H,6-9,37H2,1H3. The molecule has 0 saturated carbocycles. The molecule has 2 aromatic heterocycles. The van der Waals surface area contributed by atoms with Crippen molar-refractivity contribution in [3.05, 3.63) is 76.3 Å². The van der Waals surface area contributed by atoms with Crippen molar-refractivity contribution in [3.63, 3.8) is 0 Å². The Kier molecular flexibility index (Phi) is 7.49. The molecule has 3 atom stereocenters. The third-order valence-electron chi connectivity index (χ3n) is 6.29. The first-order valence-corrected chi connectivity index (χ1v) is 12.6. The predicted molar refractivity (Wildman–Crippen MR) is 141 cm³/mol. The zero-order chi connectivity index (χ0) is 26.1. The van der Waals surface area contributed by atoms with E-state index in [9.17, 15) is 9.50 Å². The molecule has 0 bridgehead atoms. The summed E-state index contributed by atoms with van der Waals surface area (Å²) in [6.07, 6.45) is -1.28. The van der Waals surface area contributed by atoms with Crippen LogP contribution in [0.3, 0.4) is 0 Å². The second kappa shape index (κ2) is 10.8. The number of alkyl halides is 1. The van der Waals surface area contributed by atoms with Crippen molar-refractivity contribution >= 4 is 37.4 Å². The molecule has 3 heterocycles. The number of methoxy groups -OCH3 is 1. The van der Waals surface area contributed by atoms with Gasteiger partial charge in [-0.3, -0.25) is 0 Å². The zero-order valence-corrected chi connectivity index (χ0v) is 21.8. The van der Waals surface area contributed by atoms with Crippen LogP contribution < -0.4 is 9.64 Å². The maximum Gasteiger partial charge on any atom is 0.233 e. The summed E-state index contributed by atoms with van der Waals surface area (Å²) >= 11 is 6.33. The van der Waals surface area contributed by atoms with E-state index in [-0.39, 0.29) is 33.4 Å². The van der Waals surface area contributed by atoms with Crippen molar-refractivity contribution in [3.8, 4) is 17.0 Å². The molecule has 0 spiro atoms. The van der Waals surface area contributed by atoms with E-state index in [1.165, 1.54) is 19.2 Å². The number of anilines is 1. The molecule has 0 amide bonds. The SMILES string of the molecule is COc1ccc(C(O)c2cc(-c3cc(C(F)P)nc4cc(N5CCOCC5)ccc34)c(F)cc2Cl)nn1. The van der Waals surface area contributed by atoms with Gasteiger partial charge in [-0.05, 0) is 42.0 Å². The van der Waals surface area contributed by atoms with Gasteiger partial charge in [-0.25, -0.2) is 13.8 Å². The lowest BCUT2D eigenvalue weighted by molar-refractivity contribution is 0.122. The van der Waals surface area contributed by atoms with Crippen LogP contribution in [-0.4, -0.2) is 53.7 Å². The van der Waals surface area contributed by atoms with Gasteiger partial charge in [-0.15, -0.1) is 10.2 Å². The summed E-state index contributed by atoms with van der Waals surface area (Å²) in [5.74, 6) is -1.78. The number of aliphatic hydroxyl groups excluding tert-OH is 1. The van der Waals surface area contributed by atoms with Gasteiger partial charge < -0.3 is 19.5 Å². The number of rotatable bonds is 6. The molecule has 0 aliphatic carbocycles. The number of nitrogens with zero attached hydrogens (tertiary/aromatic N) is 4. The number of morpholine rings is 1. The smallest absolute Gasteiger partial charge is 0.233 e. The van der Waals surface area contributed by atoms with E-state index < -0.39 is 17.8 Å². The molecule has 192 valence electrons. The van der Waals surface area contributed by atoms with Crippen LogP contribution in [0.5, 0.6) is 5.88 Å². The molecule has 1 aliphatic rings. The van der Waals surface area contributed by atoms with Gasteiger partial charge in [0.25, 0.3) is 0 Å². The Hall–Kier alpha value is -2.97. The molecule has 2 aromatic carbocycles. The molecule has 7 nitrogen and oxygen atoms in total. The first-order valence-electron chi connectivity index (χ1n) is 11.6. The Morgan fingerprint density at radius 3 is 2.51 bits per heavy atom. The average molecular weight is 545 g/mol. The minimum atomic E-state index is -1.45. The molecule has 1 saturated heterocycles. The summed E-state index contributed by atoms with van der Waals surface area (Å²) in [6.45, 7) is 2.70. The first kappa shape index (κ1) is 25.7. The molecular formula is C26H24ClF2N4O3P. The van der Waals surface area contributed by atoms with Gasteiger partial charge in [-0.1, -0.05) is 26.9 Å². The normalized spacial score (nSPS) is 15.6. The molecule has 5 rings (SSSR count). The predicted octanol–water partition coefficient (Wildman–Crippen LogP) is 5.25. The maximum atomic E-state index is 15.4. The highest BCUT2D eigenvalue weighted by Gasteiger charge is 2.22. The van der Waals surface area contributed by atoms with Gasteiger partial charge in [0.05, 0.1) is 37.2 Å². The molecule has 0 radical (unpaired) electrons. The fraction of sp³-hybridized carbons (Fsp3) is 0.269. The molecule has 1 N–H and O–H groups in total. The molecule has 11 heteroatoms. The van der Waals surface area contributed by atoms with Crippen LogP contribution in [-0.2, 0) is 4.74 Å². The largest absolute Gasteiger partial charge is 0.480 e. The average Bonchev–Trinajstić information content (AvgIpc) is 2.92. The third-order valence-corrected chi connectivity index (χ3v) is 6.96. The van der Waals surface area contributed by atoms with Crippen molar-refractivity contribution < 1.29 is 23.4 Å². The Labute approximate surface area is 219 Å². The number of fused-ring (bicyclic) bond motifs is 1. The molecule has 37 heavy (non-hydrogen) atoms. The monoisotopic (exact) mass is 544 g/mol. The van der Waals surface area contributed by atoms with E-state index in [0.717, 1.165) is 24.8 Å². The van der Waals surface area contributed by atoms with E-state index in [4.69, 9.17) is 21.1 Å². The molecule has 1 aliphatic heterocycles. The highest BCUT2D eigenvalue weighted by molar-refractivity contribution is 7.16. The summed E-state index contributed by atoms with van der Waals surface area (Å²) in [4.78, 5) is 6.67. The summed E-state index contributed by atoms with van der Waals surface area (Å²) in [5, 5.41) is 19.5. The van der Waals surface area contributed by atoms with Crippen LogP contribution >= 0.6 is 20.8 Å². The molecule has 1 fully saturated rings. The number of benzene rings is 2. The third kappa shape index (κ3) is 5.22. The van der Waals surface area contributed by atoms with Gasteiger partial charge in [0.1, 0.15) is 11.9 Å². The lowest BCUT2D eigenvalue weighted by Crippen LogP contribution is -2.36. The maximum absolute atomic E-state index is 15.4. The van der Waals surface area contributed by atoms with Crippen molar-refractivity contribution in [1.82, 2.24) is 15.2 Å². The van der Waals surface area contributed by atoms with Crippen molar-refractivity contribution in [2.75, 3.05) is 38.3 Å². The van der Waals surface area contributed by atoms with Gasteiger partial charge in [0.15, 0.2) is 5.91 Å². The Morgan fingerprint density at radius 1 is 1.05 bits per heavy atom. The number of halogens is 3. The van der Waals surface area contributed by atoms with E-state index in [0.29, 0.717) is 29.7 Å². The van der Waals surface area contributed by atoms with Gasteiger partial charge in [-0.2, -0.15) is 0 Å². The summed E-state index contributed by atoms with van der Waals surface area (Å²) in [7, 11) is 3.54. The zero-order valence-electron chi connectivity index (χ0n) is 19.9. The summed E-state index contributed by atoms with van der Waals surface area (Å²) < 4.78 is 40.3. The number of aliphatic hydroxyl groups is 1. The van der Waals surface area contributed by atoms with Crippen LogP contribution in [0.2, 0.25) is 5.02 Å². The van der Waals surface area contributed by atoms with Gasteiger partial charge in [0, 0.05) is 46.4 Å². The second-order valence-corrected chi connectivity index (χ2v) is 9.55. The fourth-order valence-corrected chi connectivity index (χ4v) is 4.77. The van der Waals surface area contributed by atoms with Crippen molar-refractivity contribution in [1.29, 1.82) is 0 Å². The van der Waals surface area contributed by atoms with Crippen molar-refractivity contribution in [2.24, 2.45) is 0 Å². The summed E-state index contributed by atoms with van der Waals surface area (Å²) in [5.41, 5.74) is 2.63. The lowest BCUT2D eigenvalue weighted by Gasteiger charge is -2.29. The number of pyridine rings is 1. The Morgan fingerprint density at radius 2 is 1.84 bits per heavy atom. The summed E-state index contributed by atoms with van der Waals surface area (Å²) in [6, 6.07) is 12.9. The number of aromatic nitrogens is 3. The number of ether oxygens (including phenoxy) is 2. The van der Waals surface area contributed by atoms with E-state index in [1.54, 1.807) is 12.1 Å². The molecular weight excluding hydrogens is 521 g/mol. The van der Waals surface area contributed by atoms with Crippen LogP contribution in [0.4, 0.5) is 14.5 Å². The number of hydrogen-bond donors (Lipinski definition) is 1. The molecule has 4 aromatic rings. The van der Waals surface area contributed by atoms with E-state index in [2.05, 4.69) is 29.3 Å². The van der Waals surface area contributed by atoms with Crippen molar-refractivity contribution in [2.45, 2.75) is 12.0 Å². The van der Waals surface area contributed by atoms with E-state index >= 15 is 4.39 Å². The van der Waals surface area contributed by atoms with Gasteiger partial charge in [0.2, 0.25) is 5.88 Å². The Balaban J connectivity index is 1.63. The van der Waals surface area contributed by atoms with Crippen LogP contribution in [0.1, 0.15) is 29.0 Å². The fourth-order valence-electron chi connectivity index (χ4n) is 4.35. The van der Waals surface area contributed by atoms with Crippen LogP contribution in [0, 0.1) is 5.82 Å². The minimum Gasteiger partial charge on any atom is -0.480 e. The first-order chi connectivity index (χ1) is 17.9. The van der Waals surface area contributed by atoms with Gasteiger partial charge >= 0.3 is 0 Å². The van der Waals surface area contributed by atoms with E-state index in [1.807, 2.05) is 18.2 Å². The minimum absolute atomic E-state index is 0.0222.